The molecule has 2 unspecified atom stereocenters. The van der Waals surface area contributed by atoms with Gasteiger partial charge in [0.25, 0.3) is 0 Å². The molecular formula is C17H23N3O. The Kier molecular flexibility index (Phi) is 3.97. The Bertz CT molecular complexity index is 626. The Morgan fingerprint density at radius 3 is 3.00 bits per heavy atom. The molecule has 2 aromatic rings. The van der Waals surface area contributed by atoms with Crippen LogP contribution in [0.25, 0.3) is 10.8 Å². The second kappa shape index (κ2) is 5.90. The molecule has 3 rings (SSSR count). The summed E-state index contributed by atoms with van der Waals surface area (Å²) in [6, 6.07) is 8.44. The third-order valence-corrected chi connectivity index (χ3v) is 4.45. The quantitative estimate of drug-likeness (QED) is 0.942. The minimum Gasteiger partial charge on any atom is -0.497 e. The van der Waals surface area contributed by atoms with E-state index in [1.165, 1.54) is 23.6 Å². The van der Waals surface area contributed by atoms with Gasteiger partial charge in [0.15, 0.2) is 0 Å². The lowest BCUT2D eigenvalue weighted by atomic mass is 9.92. The van der Waals surface area contributed by atoms with E-state index in [1.54, 1.807) is 7.11 Å². The smallest absolute Gasteiger partial charge is 0.136 e. The van der Waals surface area contributed by atoms with Gasteiger partial charge < -0.3 is 15.4 Å². The molecule has 4 heteroatoms. The number of piperidine rings is 1. The number of aromatic nitrogens is 1. The van der Waals surface area contributed by atoms with Crippen LogP contribution in [0.2, 0.25) is 0 Å². The molecule has 2 heterocycles. The fourth-order valence-electron chi connectivity index (χ4n) is 3.15. The number of nitrogens with zero attached hydrogens (tertiary/aromatic N) is 2. The number of hydrogen-bond donors (Lipinski definition) is 1. The summed E-state index contributed by atoms with van der Waals surface area (Å²) in [4.78, 5) is 7.01. The molecule has 4 nitrogen and oxygen atoms in total. The summed E-state index contributed by atoms with van der Waals surface area (Å²) >= 11 is 0. The van der Waals surface area contributed by atoms with Crippen LogP contribution in [-0.4, -0.2) is 31.2 Å². The van der Waals surface area contributed by atoms with Gasteiger partial charge in [-0.2, -0.15) is 0 Å². The van der Waals surface area contributed by atoms with Gasteiger partial charge in [0.05, 0.1) is 7.11 Å². The third kappa shape index (κ3) is 2.81. The second-order valence-electron chi connectivity index (χ2n) is 5.93. The highest BCUT2D eigenvalue weighted by molar-refractivity contribution is 5.93. The molecular weight excluding hydrogens is 262 g/mol. The summed E-state index contributed by atoms with van der Waals surface area (Å²) < 4.78 is 5.31. The molecule has 1 fully saturated rings. The van der Waals surface area contributed by atoms with Crippen molar-refractivity contribution in [1.29, 1.82) is 0 Å². The lowest BCUT2D eigenvalue weighted by Crippen LogP contribution is -2.42. The van der Waals surface area contributed by atoms with Crippen molar-refractivity contribution in [2.75, 3.05) is 25.1 Å². The Hall–Kier alpha value is -1.81. The first-order valence-electron chi connectivity index (χ1n) is 7.62. The molecule has 1 aromatic heterocycles. The number of hydrogen-bond acceptors (Lipinski definition) is 4. The standard InChI is InChI=1S/C17H23N3O/c1-12(18)14-4-3-9-20(11-14)17-16-6-5-15(21-2)10-13(16)7-8-19-17/h5-8,10,12,14H,3-4,9,11,18H2,1-2H3. The average molecular weight is 285 g/mol. The van der Waals surface area contributed by atoms with Crippen molar-refractivity contribution in [1.82, 2.24) is 4.98 Å². The summed E-state index contributed by atoms with van der Waals surface area (Å²) in [6.07, 6.45) is 4.28. The minimum absolute atomic E-state index is 0.239. The van der Waals surface area contributed by atoms with E-state index in [4.69, 9.17) is 10.5 Å². The number of nitrogens with two attached hydrogens (primary N) is 1. The van der Waals surface area contributed by atoms with Crippen LogP contribution < -0.4 is 15.4 Å². The molecule has 21 heavy (non-hydrogen) atoms. The summed E-state index contributed by atoms with van der Waals surface area (Å²) in [7, 11) is 1.70. The number of rotatable bonds is 3. The van der Waals surface area contributed by atoms with Gasteiger partial charge in [-0.25, -0.2) is 4.98 Å². The largest absolute Gasteiger partial charge is 0.497 e. The van der Waals surface area contributed by atoms with Crippen LogP contribution in [0.5, 0.6) is 5.75 Å². The maximum Gasteiger partial charge on any atom is 0.136 e. The Morgan fingerprint density at radius 1 is 1.38 bits per heavy atom. The van der Waals surface area contributed by atoms with E-state index in [0.29, 0.717) is 5.92 Å². The molecule has 2 N–H and O–H groups in total. The zero-order valence-corrected chi connectivity index (χ0v) is 12.7. The van der Waals surface area contributed by atoms with Crippen LogP contribution in [0.15, 0.2) is 30.5 Å². The van der Waals surface area contributed by atoms with E-state index in [0.717, 1.165) is 24.7 Å². The molecule has 0 radical (unpaired) electrons. The normalized spacial score (nSPS) is 20.5. The monoisotopic (exact) mass is 285 g/mol. The molecule has 1 aliphatic heterocycles. The average Bonchev–Trinajstić information content (AvgIpc) is 2.53. The molecule has 0 amide bonds. The van der Waals surface area contributed by atoms with Gasteiger partial charge in [-0.05, 0) is 55.3 Å². The van der Waals surface area contributed by atoms with E-state index in [9.17, 15) is 0 Å². The first-order chi connectivity index (χ1) is 10.2. The van der Waals surface area contributed by atoms with E-state index >= 15 is 0 Å². The number of fused-ring (bicyclic) bond motifs is 1. The number of anilines is 1. The van der Waals surface area contributed by atoms with Gasteiger partial charge in [-0.15, -0.1) is 0 Å². The number of pyridine rings is 1. The molecule has 2 atom stereocenters. The molecule has 1 saturated heterocycles. The van der Waals surface area contributed by atoms with Crippen LogP contribution in [0.4, 0.5) is 5.82 Å². The topological polar surface area (TPSA) is 51.4 Å². The van der Waals surface area contributed by atoms with Gasteiger partial charge in [-0.1, -0.05) is 0 Å². The lowest BCUT2D eigenvalue weighted by molar-refractivity contribution is 0.363. The molecule has 0 aliphatic carbocycles. The van der Waals surface area contributed by atoms with Gasteiger partial charge in [0.2, 0.25) is 0 Å². The number of ether oxygens (including phenoxy) is 1. The van der Waals surface area contributed by atoms with Crippen LogP contribution in [-0.2, 0) is 0 Å². The lowest BCUT2D eigenvalue weighted by Gasteiger charge is -2.35. The molecule has 112 valence electrons. The zero-order chi connectivity index (χ0) is 14.8. The van der Waals surface area contributed by atoms with Crippen molar-refractivity contribution < 1.29 is 4.74 Å². The predicted molar refractivity (Wildman–Crippen MR) is 86.9 cm³/mol. The highest BCUT2D eigenvalue weighted by Crippen LogP contribution is 2.30. The Morgan fingerprint density at radius 2 is 2.24 bits per heavy atom. The summed E-state index contributed by atoms with van der Waals surface area (Å²) in [5.74, 6) is 2.50. The molecule has 0 spiro atoms. The van der Waals surface area contributed by atoms with Crippen LogP contribution in [0.3, 0.4) is 0 Å². The van der Waals surface area contributed by atoms with Crippen molar-refractivity contribution in [3.05, 3.63) is 30.5 Å². The van der Waals surface area contributed by atoms with E-state index in [-0.39, 0.29) is 6.04 Å². The Labute approximate surface area is 125 Å². The Balaban J connectivity index is 1.96. The SMILES string of the molecule is COc1ccc2c(N3CCCC(C(C)N)C3)nccc2c1. The molecule has 0 saturated carbocycles. The summed E-state index contributed by atoms with van der Waals surface area (Å²) in [5, 5.41) is 2.35. The highest BCUT2D eigenvalue weighted by Gasteiger charge is 2.24. The summed E-state index contributed by atoms with van der Waals surface area (Å²) in [5.41, 5.74) is 6.09. The predicted octanol–water partition coefficient (Wildman–Crippen LogP) is 2.81. The zero-order valence-electron chi connectivity index (χ0n) is 12.7. The van der Waals surface area contributed by atoms with Crippen molar-refractivity contribution in [3.63, 3.8) is 0 Å². The van der Waals surface area contributed by atoms with Gasteiger partial charge in [0.1, 0.15) is 11.6 Å². The van der Waals surface area contributed by atoms with Crippen LogP contribution >= 0.6 is 0 Å². The fraction of sp³-hybridized carbons (Fsp3) is 0.471. The van der Waals surface area contributed by atoms with Crippen molar-refractivity contribution in [2.45, 2.75) is 25.8 Å². The second-order valence-corrected chi connectivity index (χ2v) is 5.93. The minimum atomic E-state index is 0.239. The van der Waals surface area contributed by atoms with Gasteiger partial charge >= 0.3 is 0 Å². The molecule has 1 aliphatic rings. The third-order valence-electron chi connectivity index (χ3n) is 4.45. The highest BCUT2D eigenvalue weighted by atomic mass is 16.5. The number of methoxy groups -OCH3 is 1. The first kappa shape index (κ1) is 14.1. The fourth-order valence-corrected chi connectivity index (χ4v) is 3.15. The van der Waals surface area contributed by atoms with Crippen molar-refractivity contribution >= 4 is 16.6 Å². The first-order valence-corrected chi connectivity index (χ1v) is 7.62. The van der Waals surface area contributed by atoms with Crippen molar-refractivity contribution in [2.24, 2.45) is 11.7 Å². The molecule has 0 bridgehead atoms. The van der Waals surface area contributed by atoms with Crippen molar-refractivity contribution in [3.8, 4) is 5.75 Å². The van der Waals surface area contributed by atoms with Gasteiger partial charge in [0, 0.05) is 30.7 Å². The molecule has 1 aromatic carbocycles. The van der Waals surface area contributed by atoms with Gasteiger partial charge in [-0.3, -0.25) is 0 Å². The number of benzene rings is 1. The maximum absolute atomic E-state index is 6.09. The maximum atomic E-state index is 6.09. The summed E-state index contributed by atoms with van der Waals surface area (Å²) in [6.45, 7) is 4.16. The van der Waals surface area contributed by atoms with Crippen LogP contribution in [0.1, 0.15) is 19.8 Å². The van der Waals surface area contributed by atoms with Crippen LogP contribution in [0, 0.1) is 5.92 Å². The van der Waals surface area contributed by atoms with E-state index in [2.05, 4.69) is 28.9 Å². The van der Waals surface area contributed by atoms with E-state index in [1.807, 2.05) is 18.3 Å². The van der Waals surface area contributed by atoms with E-state index < -0.39 is 0 Å².